The number of rotatable bonds is 6. The van der Waals surface area contributed by atoms with Gasteiger partial charge in [0.25, 0.3) is 0 Å². The number of nitrogens with one attached hydrogen (secondary N) is 2. The third-order valence-electron chi connectivity index (χ3n) is 3.26. The summed E-state index contributed by atoms with van der Waals surface area (Å²) in [5, 5.41) is 5.51. The minimum Gasteiger partial charge on any atom is -0.348 e. The monoisotopic (exact) mass is 271 g/mol. The fourth-order valence-corrected chi connectivity index (χ4v) is 1.52. The zero-order valence-corrected chi connectivity index (χ0v) is 13.1. The van der Waals surface area contributed by atoms with Gasteiger partial charge in [-0.2, -0.15) is 0 Å². The lowest BCUT2D eigenvalue weighted by Gasteiger charge is -2.33. The van der Waals surface area contributed by atoms with Crippen LogP contribution in [-0.2, 0) is 9.59 Å². The molecule has 0 saturated heterocycles. The highest BCUT2D eigenvalue weighted by Crippen LogP contribution is 2.17. The van der Waals surface area contributed by atoms with Gasteiger partial charge in [-0.25, -0.2) is 0 Å². The van der Waals surface area contributed by atoms with Crippen molar-refractivity contribution in [1.82, 2.24) is 10.6 Å². The molecule has 0 rings (SSSR count). The molecule has 2 amide bonds. The summed E-state index contributed by atoms with van der Waals surface area (Å²) in [6.45, 7) is 12.2. The van der Waals surface area contributed by atoms with Crippen LogP contribution in [0.5, 0.6) is 0 Å². The van der Waals surface area contributed by atoms with Crippen LogP contribution in [0.15, 0.2) is 0 Å². The fraction of sp³-hybridized carbons (Fsp3) is 0.857. The number of hydrogen-bond acceptors (Lipinski definition) is 3. The van der Waals surface area contributed by atoms with Crippen molar-refractivity contribution in [2.24, 2.45) is 17.1 Å². The van der Waals surface area contributed by atoms with Crippen molar-refractivity contribution in [3.63, 3.8) is 0 Å². The molecular weight excluding hydrogens is 242 g/mol. The third-order valence-corrected chi connectivity index (χ3v) is 3.26. The molecule has 0 fully saturated rings. The second-order valence-corrected chi connectivity index (χ2v) is 6.84. The summed E-state index contributed by atoms with van der Waals surface area (Å²) in [6.07, 6.45) is 0.401. The lowest BCUT2D eigenvalue weighted by atomic mass is 9.88. The molecule has 0 saturated carbocycles. The number of carbonyl (C=O) groups excluding carboxylic acids is 2. The Bertz CT molecular complexity index is 321. The summed E-state index contributed by atoms with van der Waals surface area (Å²) in [6, 6.07) is 0. The van der Waals surface area contributed by atoms with Crippen LogP contribution in [0.1, 0.15) is 48.0 Å². The largest absolute Gasteiger partial charge is 0.348 e. The summed E-state index contributed by atoms with van der Waals surface area (Å²) in [4.78, 5) is 23.4. The third kappa shape index (κ3) is 7.15. The molecule has 0 aliphatic heterocycles. The molecule has 0 heterocycles. The predicted octanol–water partition coefficient (Wildman–Crippen LogP) is 1.03. The normalized spacial score (nSPS) is 14.9. The Morgan fingerprint density at radius 1 is 1.11 bits per heavy atom. The van der Waals surface area contributed by atoms with E-state index in [1.165, 1.54) is 0 Å². The van der Waals surface area contributed by atoms with Gasteiger partial charge in [-0.1, -0.05) is 34.6 Å². The topological polar surface area (TPSA) is 84.2 Å². The Balaban J connectivity index is 4.23. The summed E-state index contributed by atoms with van der Waals surface area (Å²) in [7, 11) is 0. The van der Waals surface area contributed by atoms with Crippen LogP contribution < -0.4 is 16.4 Å². The van der Waals surface area contributed by atoms with Crippen LogP contribution in [0.4, 0.5) is 0 Å². The molecule has 1 atom stereocenters. The van der Waals surface area contributed by atoms with E-state index >= 15 is 0 Å². The van der Waals surface area contributed by atoms with E-state index in [9.17, 15) is 9.59 Å². The zero-order valence-electron chi connectivity index (χ0n) is 13.1. The highest BCUT2D eigenvalue weighted by atomic mass is 16.2. The van der Waals surface area contributed by atoms with Crippen LogP contribution in [0.2, 0.25) is 0 Å². The van der Waals surface area contributed by atoms with E-state index in [0.29, 0.717) is 13.0 Å². The van der Waals surface area contributed by atoms with Crippen molar-refractivity contribution in [2.45, 2.75) is 53.5 Å². The van der Waals surface area contributed by atoms with Gasteiger partial charge in [-0.05, 0) is 18.3 Å². The molecule has 0 bridgehead atoms. The van der Waals surface area contributed by atoms with Crippen molar-refractivity contribution < 1.29 is 9.59 Å². The van der Waals surface area contributed by atoms with E-state index in [0.717, 1.165) is 0 Å². The molecule has 5 nitrogen and oxygen atoms in total. The first-order chi connectivity index (χ1) is 8.50. The number of hydrogen-bond donors (Lipinski definition) is 3. The molecule has 0 aromatic carbocycles. The minimum atomic E-state index is -0.439. The molecule has 4 N–H and O–H groups in total. The van der Waals surface area contributed by atoms with Gasteiger partial charge in [0.05, 0.1) is 12.1 Å². The van der Waals surface area contributed by atoms with Gasteiger partial charge in [0.2, 0.25) is 11.8 Å². The highest BCUT2D eigenvalue weighted by molar-refractivity contribution is 5.85. The first-order valence-electron chi connectivity index (χ1n) is 6.78. The van der Waals surface area contributed by atoms with Crippen molar-refractivity contribution in [1.29, 1.82) is 0 Å². The lowest BCUT2D eigenvalue weighted by Crippen LogP contribution is -2.56. The quantitative estimate of drug-likeness (QED) is 0.674. The maximum Gasteiger partial charge on any atom is 0.239 e. The van der Waals surface area contributed by atoms with E-state index in [1.54, 1.807) is 0 Å². The van der Waals surface area contributed by atoms with E-state index in [-0.39, 0.29) is 29.7 Å². The molecule has 19 heavy (non-hydrogen) atoms. The van der Waals surface area contributed by atoms with Gasteiger partial charge >= 0.3 is 0 Å². The summed E-state index contributed by atoms with van der Waals surface area (Å²) >= 11 is 0. The number of amides is 2. The van der Waals surface area contributed by atoms with Gasteiger partial charge in [0.1, 0.15) is 0 Å². The molecule has 0 aliphatic carbocycles. The van der Waals surface area contributed by atoms with Crippen LogP contribution in [0, 0.1) is 11.3 Å². The molecule has 0 spiro atoms. The average molecular weight is 271 g/mol. The maximum absolute atomic E-state index is 11.8. The van der Waals surface area contributed by atoms with Crippen molar-refractivity contribution >= 4 is 11.8 Å². The maximum atomic E-state index is 11.8. The molecule has 5 heteroatoms. The van der Waals surface area contributed by atoms with Crippen LogP contribution >= 0.6 is 0 Å². The van der Waals surface area contributed by atoms with Gasteiger partial charge in [0, 0.05) is 13.0 Å². The SMILES string of the molecule is CC(C)C(C)(CN)NC(=O)CNC(=O)CC(C)(C)C. The summed E-state index contributed by atoms with van der Waals surface area (Å²) in [5.41, 5.74) is 5.18. The van der Waals surface area contributed by atoms with Crippen molar-refractivity contribution in [3.8, 4) is 0 Å². The lowest BCUT2D eigenvalue weighted by molar-refractivity contribution is -0.128. The number of carbonyl (C=O) groups is 2. The second kappa shape index (κ2) is 6.89. The predicted molar refractivity (Wildman–Crippen MR) is 77.5 cm³/mol. The Morgan fingerprint density at radius 3 is 2.00 bits per heavy atom. The smallest absolute Gasteiger partial charge is 0.239 e. The first-order valence-corrected chi connectivity index (χ1v) is 6.78. The van der Waals surface area contributed by atoms with Crippen LogP contribution in [-0.4, -0.2) is 30.4 Å². The first kappa shape index (κ1) is 17.9. The molecule has 112 valence electrons. The summed E-state index contributed by atoms with van der Waals surface area (Å²) < 4.78 is 0. The van der Waals surface area contributed by atoms with Gasteiger partial charge in [-0.3, -0.25) is 9.59 Å². The molecule has 0 aromatic rings. The Labute approximate surface area is 116 Å². The van der Waals surface area contributed by atoms with Gasteiger partial charge < -0.3 is 16.4 Å². The molecule has 0 radical (unpaired) electrons. The zero-order chi connectivity index (χ0) is 15.3. The Morgan fingerprint density at radius 2 is 1.63 bits per heavy atom. The van der Waals surface area contributed by atoms with E-state index in [2.05, 4.69) is 10.6 Å². The Kier molecular flexibility index (Phi) is 6.49. The summed E-state index contributed by atoms with van der Waals surface area (Å²) in [5.74, 6) is -0.0858. The van der Waals surface area contributed by atoms with E-state index in [4.69, 9.17) is 5.73 Å². The Hall–Kier alpha value is -1.10. The molecule has 1 unspecified atom stereocenters. The van der Waals surface area contributed by atoms with E-state index < -0.39 is 5.54 Å². The molecule has 0 aromatic heterocycles. The van der Waals surface area contributed by atoms with Gasteiger partial charge in [0.15, 0.2) is 0 Å². The standard InChI is InChI=1S/C14H29N3O2/c1-10(2)14(6,9-15)17-12(19)8-16-11(18)7-13(3,4)5/h10H,7-9,15H2,1-6H3,(H,16,18)(H,17,19). The second-order valence-electron chi connectivity index (χ2n) is 6.84. The van der Waals surface area contributed by atoms with Crippen molar-refractivity contribution in [2.75, 3.05) is 13.1 Å². The molecular formula is C14H29N3O2. The van der Waals surface area contributed by atoms with E-state index in [1.807, 2.05) is 41.5 Å². The average Bonchev–Trinajstić information content (AvgIpc) is 2.23. The highest BCUT2D eigenvalue weighted by Gasteiger charge is 2.28. The van der Waals surface area contributed by atoms with Gasteiger partial charge in [-0.15, -0.1) is 0 Å². The minimum absolute atomic E-state index is 0.00275. The number of nitrogens with two attached hydrogens (primary N) is 1. The fourth-order valence-electron chi connectivity index (χ4n) is 1.52. The van der Waals surface area contributed by atoms with Crippen molar-refractivity contribution in [3.05, 3.63) is 0 Å². The van der Waals surface area contributed by atoms with Crippen LogP contribution in [0.3, 0.4) is 0 Å². The molecule has 0 aliphatic rings. The van der Waals surface area contributed by atoms with Crippen LogP contribution in [0.25, 0.3) is 0 Å².